The molecule has 6 atom stereocenters. The first-order valence-electron chi connectivity index (χ1n) is 12.5. The third-order valence-corrected chi connectivity index (χ3v) is 9.45. The summed E-state index contributed by atoms with van der Waals surface area (Å²) in [7, 11) is 0. The molecule has 32 heavy (non-hydrogen) atoms. The van der Waals surface area contributed by atoms with Crippen molar-refractivity contribution in [2.24, 2.45) is 33.7 Å². The van der Waals surface area contributed by atoms with Crippen molar-refractivity contribution in [2.75, 3.05) is 0 Å². The van der Waals surface area contributed by atoms with Crippen LogP contribution in [-0.2, 0) is 21.0 Å². The van der Waals surface area contributed by atoms with Crippen molar-refractivity contribution < 1.29 is 14.4 Å². The van der Waals surface area contributed by atoms with Gasteiger partial charge in [-0.2, -0.15) is 0 Å². The molecule has 0 amide bonds. The molecule has 0 N–H and O–H groups in total. The van der Waals surface area contributed by atoms with E-state index in [9.17, 15) is 4.79 Å². The van der Waals surface area contributed by atoms with Gasteiger partial charge < -0.3 is 9.57 Å². The number of carbonyl (C=O) groups is 1. The highest BCUT2D eigenvalue weighted by atomic mass is 16.6. The second-order valence-electron chi connectivity index (χ2n) is 11.1. The minimum Gasteiger partial charge on any atom is -0.462 e. The highest BCUT2D eigenvalue weighted by Gasteiger charge is 2.59. The lowest BCUT2D eigenvalue weighted by atomic mass is 9.47. The van der Waals surface area contributed by atoms with Crippen molar-refractivity contribution in [3.63, 3.8) is 0 Å². The van der Waals surface area contributed by atoms with E-state index in [0.29, 0.717) is 12.5 Å². The van der Waals surface area contributed by atoms with Gasteiger partial charge in [-0.05, 0) is 86.2 Å². The minimum absolute atomic E-state index is 0.113. The molecule has 0 aromatic heterocycles. The lowest BCUT2D eigenvalue weighted by Gasteiger charge is -2.58. The fourth-order valence-corrected chi connectivity index (χ4v) is 7.75. The molecule has 0 aliphatic heterocycles. The fourth-order valence-electron chi connectivity index (χ4n) is 7.75. The van der Waals surface area contributed by atoms with Gasteiger partial charge in [0.2, 0.25) is 0 Å². The van der Waals surface area contributed by atoms with Crippen LogP contribution in [0.4, 0.5) is 0 Å². The van der Waals surface area contributed by atoms with Crippen LogP contribution in [0.5, 0.6) is 0 Å². The molecular formula is C28H37NO3. The molecule has 3 fully saturated rings. The van der Waals surface area contributed by atoms with Crippen molar-refractivity contribution in [3.8, 4) is 0 Å². The Morgan fingerprint density at radius 1 is 1.03 bits per heavy atom. The van der Waals surface area contributed by atoms with Gasteiger partial charge in [0.15, 0.2) is 0 Å². The van der Waals surface area contributed by atoms with E-state index in [2.05, 4.69) is 37.2 Å². The Bertz CT molecular complexity index is 922. The van der Waals surface area contributed by atoms with Gasteiger partial charge in [0.1, 0.15) is 12.7 Å². The van der Waals surface area contributed by atoms with Crippen molar-refractivity contribution >= 4 is 11.7 Å². The van der Waals surface area contributed by atoms with Gasteiger partial charge in [-0.1, -0.05) is 54.9 Å². The molecule has 1 aromatic carbocycles. The summed E-state index contributed by atoms with van der Waals surface area (Å²) in [6.45, 7) is 7.00. The van der Waals surface area contributed by atoms with Crippen LogP contribution in [0.2, 0.25) is 0 Å². The topological polar surface area (TPSA) is 47.9 Å². The van der Waals surface area contributed by atoms with Crippen LogP contribution in [0.3, 0.4) is 0 Å². The first-order valence-corrected chi connectivity index (χ1v) is 12.5. The summed E-state index contributed by atoms with van der Waals surface area (Å²) in [5.74, 6) is 2.06. The number of hydrogen-bond acceptors (Lipinski definition) is 4. The molecule has 4 nitrogen and oxygen atoms in total. The third kappa shape index (κ3) is 3.70. The summed E-state index contributed by atoms with van der Waals surface area (Å²) in [4.78, 5) is 17.4. The van der Waals surface area contributed by atoms with Crippen molar-refractivity contribution in [2.45, 2.75) is 84.8 Å². The van der Waals surface area contributed by atoms with Crippen LogP contribution in [0, 0.1) is 28.6 Å². The highest BCUT2D eigenvalue weighted by Crippen LogP contribution is 2.65. The van der Waals surface area contributed by atoms with E-state index in [-0.39, 0.29) is 22.9 Å². The second-order valence-corrected chi connectivity index (χ2v) is 11.1. The quantitative estimate of drug-likeness (QED) is 0.403. The van der Waals surface area contributed by atoms with Crippen molar-refractivity contribution in [3.05, 3.63) is 47.5 Å². The summed E-state index contributed by atoms with van der Waals surface area (Å²) < 4.78 is 5.80. The molecule has 0 unspecified atom stereocenters. The van der Waals surface area contributed by atoms with Gasteiger partial charge >= 0.3 is 5.97 Å². The van der Waals surface area contributed by atoms with E-state index >= 15 is 0 Å². The minimum atomic E-state index is -0.117. The maximum atomic E-state index is 11.7. The van der Waals surface area contributed by atoms with Crippen LogP contribution in [0.1, 0.15) is 77.7 Å². The Morgan fingerprint density at radius 3 is 2.62 bits per heavy atom. The second kappa shape index (κ2) is 8.35. The summed E-state index contributed by atoms with van der Waals surface area (Å²) in [5.41, 5.74) is 4.28. The molecule has 0 bridgehead atoms. The van der Waals surface area contributed by atoms with E-state index in [1.54, 1.807) is 12.5 Å². The van der Waals surface area contributed by atoms with Crippen LogP contribution >= 0.6 is 0 Å². The standard InChI is InChI=1S/C28H37NO3/c1-19(30)32-26-12-11-24-23-10-9-21-17-22(29-31-18-20-7-5-4-6-8-20)13-15-27(21,2)25(23)14-16-28(24,26)3/h4-8,17,23-26H,9-16,18H2,1-3H3/b29-22-/t23-,24-,25-,26-,27-,28-/m0/s1. The number of ether oxygens (including phenoxy) is 1. The first-order chi connectivity index (χ1) is 15.4. The Morgan fingerprint density at radius 2 is 1.84 bits per heavy atom. The number of oxime groups is 1. The van der Waals surface area contributed by atoms with Gasteiger partial charge in [0, 0.05) is 12.3 Å². The lowest BCUT2D eigenvalue weighted by Crippen LogP contribution is -2.51. The molecule has 4 aliphatic carbocycles. The number of nitrogens with zero attached hydrogens (tertiary/aromatic N) is 1. The number of benzene rings is 1. The van der Waals surface area contributed by atoms with Crippen molar-refractivity contribution in [1.82, 2.24) is 0 Å². The van der Waals surface area contributed by atoms with Crippen LogP contribution in [-0.4, -0.2) is 17.8 Å². The maximum absolute atomic E-state index is 11.7. The van der Waals surface area contributed by atoms with E-state index in [4.69, 9.17) is 9.57 Å². The zero-order valence-corrected chi connectivity index (χ0v) is 19.8. The average Bonchev–Trinajstić information content (AvgIpc) is 3.10. The van der Waals surface area contributed by atoms with E-state index in [1.165, 1.54) is 38.5 Å². The van der Waals surface area contributed by atoms with Crippen molar-refractivity contribution in [1.29, 1.82) is 0 Å². The van der Waals surface area contributed by atoms with E-state index < -0.39 is 0 Å². The van der Waals surface area contributed by atoms with Crippen LogP contribution < -0.4 is 0 Å². The normalized spacial score (nSPS) is 39.5. The molecule has 0 saturated heterocycles. The maximum Gasteiger partial charge on any atom is 0.302 e. The van der Waals surface area contributed by atoms with Gasteiger partial charge in [-0.3, -0.25) is 4.79 Å². The number of esters is 1. The Hall–Kier alpha value is -2.10. The van der Waals surface area contributed by atoms with Gasteiger partial charge in [-0.25, -0.2) is 0 Å². The zero-order valence-electron chi connectivity index (χ0n) is 19.8. The third-order valence-electron chi connectivity index (χ3n) is 9.45. The summed E-state index contributed by atoms with van der Waals surface area (Å²) >= 11 is 0. The van der Waals surface area contributed by atoms with Gasteiger partial charge in [-0.15, -0.1) is 0 Å². The highest BCUT2D eigenvalue weighted by molar-refractivity contribution is 5.96. The molecule has 1 aromatic rings. The predicted molar refractivity (Wildman–Crippen MR) is 126 cm³/mol. The molecule has 0 spiro atoms. The monoisotopic (exact) mass is 435 g/mol. The van der Waals surface area contributed by atoms with Crippen LogP contribution in [0.25, 0.3) is 0 Å². The summed E-state index contributed by atoms with van der Waals surface area (Å²) in [6.07, 6.45) is 11.7. The Kier molecular flexibility index (Phi) is 5.67. The van der Waals surface area contributed by atoms with E-state index in [0.717, 1.165) is 36.0 Å². The Balaban J connectivity index is 1.30. The zero-order chi connectivity index (χ0) is 22.3. The average molecular weight is 436 g/mol. The number of fused-ring (bicyclic) bond motifs is 5. The molecule has 4 aliphatic rings. The SMILES string of the molecule is CC(=O)O[C@H]1CC[C@H]2[C@@H]3CCC4=C/C(=N\OCc5ccccc5)CC[C@]4(C)[C@H]3CC[C@]12C. The number of carbonyl (C=O) groups excluding carboxylic acids is 1. The predicted octanol–water partition coefficient (Wildman–Crippen LogP) is 6.45. The lowest BCUT2D eigenvalue weighted by molar-refractivity contribution is -0.157. The number of hydrogen-bond donors (Lipinski definition) is 0. The first kappa shape index (κ1) is 21.7. The molecule has 172 valence electrons. The summed E-state index contributed by atoms with van der Waals surface area (Å²) in [5, 5.41) is 4.50. The van der Waals surface area contributed by atoms with Gasteiger partial charge in [0.25, 0.3) is 0 Å². The number of allylic oxidation sites excluding steroid dienone is 2. The molecule has 3 saturated carbocycles. The molecule has 0 heterocycles. The molecule has 0 radical (unpaired) electrons. The van der Waals surface area contributed by atoms with Gasteiger partial charge in [0.05, 0.1) is 5.71 Å². The van der Waals surface area contributed by atoms with E-state index in [1.807, 2.05) is 18.2 Å². The summed E-state index contributed by atoms with van der Waals surface area (Å²) in [6, 6.07) is 10.2. The molecule has 4 heteroatoms. The smallest absolute Gasteiger partial charge is 0.302 e. The Labute approximate surface area is 192 Å². The number of rotatable bonds is 4. The molecule has 5 rings (SSSR count). The molecular weight excluding hydrogens is 398 g/mol. The fraction of sp³-hybridized carbons (Fsp3) is 0.643. The largest absolute Gasteiger partial charge is 0.462 e. The van der Waals surface area contributed by atoms with Crippen LogP contribution in [0.15, 0.2) is 47.1 Å².